The zero-order valence-electron chi connectivity index (χ0n) is 29.7. The molecule has 1 aromatic heterocycles. The van der Waals surface area contributed by atoms with Gasteiger partial charge in [0.15, 0.2) is 0 Å². The van der Waals surface area contributed by atoms with Crippen LogP contribution in [0.5, 0.6) is 17.2 Å². The zero-order valence-corrected chi connectivity index (χ0v) is 30.5. The predicted octanol–water partition coefficient (Wildman–Crippen LogP) is 5.54. The minimum absolute atomic E-state index is 0.00805. The molecule has 0 aliphatic rings. The smallest absolute Gasteiger partial charge is 0.244 e. The van der Waals surface area contributed by atoms with E-state index >= 15 is 8.42 Å². The van der Waals surface area contributed by atoms with Crippen LogP contribution in [0.15, 0.2) is 120 Å². The van der Waals surface area contributed by atoms with Crippen LogP contribution in [0.25, 0.3) is 22.5 Å². The van der Waals surface area contributed by atoms with Crippen molar-refractivity contribution in [3.05, 3.63) is 138 Å². The van der Waals surface area contributed by atoms with Crippen molar-refractivity contribution in [3.8, 4) is 39.8 Å². The maximum atomic E-state index is 15.1. The lowest BCUT2D eigenvalue weighted by molar-refractivity contribution is 0.192. The van der Waals surface area contributed by atoms with Gasteiger partial charge in [-0.15, -0.1) is 10.2 Å². The number of aliphatic hydroxyl groups excluding tert-OH is 2. The Labute approximate surface area is 308 Å². The minimum Gasteiger partial charge on any atom is -0.497 e. The standard InChI is InChI=1S/C40H41N5O7S/c1-50-34-17-7-28(8-18-34)23-44(24-29-9-19-35(51-2)20-10-29)53(48,49)38-6-4-5-37(32-15-13-31(14-16-32)33(26-46)27-47)39(38)40-41-43-45(42-40)25-30-11-21-36(52-3)22-12-30/h4-22,33,46-47H,23-27H2,1-3H3. The van der Waals surface area contributed by atoms with Gasteiger partial charge in [-0.05, 0) is 81.1 Å². The van der Waals surface area contributed by atoms with E-state index in [0.717, 1.165) is 22.3 Å². The van der Waals surface area contributed by atoms with Gasteiger partial charge in [0.25, 0.3) is 0 Å². The van der Waals surface area contributed by atoms with Crippen molar-refractivity contribution in [1.29, 1.82) is 0 Å². The molecular formula is C40H41N5O7S. The monoisotopic (exact) mass is 735 g/mol. The summed E-state index contributed by atoms with van der Waals surface area (Å²) >= 11 is 0. The lowest BCUT2D eigenvalue weighted by atomic mass is 9.95. The number of aromatic nitrogens is 4. The summed E-state index contributed by atoms with van der Waals surface area (Å²) in [6.45, 7) is -0.000702. The van der Waals surface area contributed by atoms with Crippen molar-refractivity contribution in [2.75, 3.05) is 34.5 Å². The summed E-state index contributed by atoms with van der Waals surface area (Å²) in [6, 6.07) is 34.4. The van der Waals surface area contributed by atoms with Gasteiger partial charge in [-0.2, -0.15) is 9.10 Å². The Bertz CT molecular complexity index is 2160. The van der Waals surface area contributed by atoms with E-state index in [4.69, 9.17) is 19.3 Å². The number of aliphatic hydroxyl groups is 2. The summed E-state index contributed by atoms with van der Waals surface area (Å²) in [7, 11) is 0.509. The third-order valence-electron chi connectivity index (χ3n) is 8.97. The van der Waals surface area contributed by atoms with Gasteiger partial charge in [-0.1, -0.05) is 72.8 Å². The fraction of sp³-hybridized carbons (Fsp3) is 0.225. The number of methoxy groups -OCH3 is 3. The Morgan fingerprint density at radius 2 is 1.19 bits per heavy atom. The van der Waals surface area contributed by atoms with Crippen molar-refractivity contribution >= 4 is 10.0 Å². The second-order valence-corrected chi connectivity index (χ2v) is 14.2. The Hall–Kier alpha value is -5.60. The molecule has 0 atom stereocenters. The maximum absolute atomic E-state index is 15.1. The highest BCUT2D eigenvalue weighted by Gasteiger charge is 2.31. The van der Waals surface area contributed by atoms with Crippen molar-refractivity contribution in [2.24, 2.45) is 0 Å². The van der Waals surface area contributed by atoms with Gasteiger partial charge in [0.2, 0.25) is 15.8 Å². The molecule has 0 saturated heterocycles. The summed E-state index contributed by atoms with van der Waals surface area (Å²) in [6.07, 6.45) is 0. The lowest BCUT2D eigenvalue weighted by Crippen LogP contribution is -2.31. The minimum atomic E-state index is -4.25. The first-order valence-corrected chi connectivity index (χ1v) is 18.3. The van der Waals surface area contributed by atoms with E-state index in [9.17, 15) is 10.2 Å². The molecule has 1 heterocycles. The van der Waals surface area contributed by atoms with Gasteiger partial charge in [-0.3, -0.25) is 0 Å². The van der Waals surface area contributed by atoms with E-state index in [1.54, 1.807) is 57.7 Å². The van der Waals surface area contributed by atoms with E-state index in [0.29, 0.717) is 34.9 Å². The van der Waals surface area contributed by atoms with Crippen LogP contribution in [0.3, 0.4) is 0 Å². The highest BCUT2D eigenvalue weighted by molar-refractivity contribution is 7.89. The lowest BCUT2D eigenvalue weighted by Gasteiger charge is -2.24. The van der Waals surface area contributed by atoms with Crippen LogP contribution in [-0.2, 0) is 29.7 Å². The molecule has 0 amide bonds. The number of hydrogen-bond acceptors (Lipinski definition) is 10. The molecule has 13 heteroatoms. The molecular weight excluding hydrogens is 695 g/mol. The van der Waals surface area contributed by atoms with Gasteiger partial charge in [-0.25, -0.2) is 8.42 Å². The van der Waals surface area contributed by atoms with Crippen LogP contribution in [0, 0.1) is 0 Å². The van der Waals surface area contributed by atoms with Gasteiger partial charge in [0.1, 0.15) is 17.2 Å². The molecule has 0 aliphatic heterocycles. The number of rotatable bonds is 16. The number of benzene rings is 5. The van der Waals surface area contributed by atoms with Gasteiger partial charge < -0.3 is 24.4 Å². The number of tetrazole rings is 1. The molecule has 0 radical (unpaired) electrons. The summed E-state index contributed by atoms with van der Waals surface area (Å²) in [5.41, 5.74) is 4.73. The molecule has 0 saturated carbocycles. The third-order valence-corrected chi connectivity index (χ3v) is 10.8. The molecule has 0 spiro atoms. The molecule has 12 nitrogen and oxygen atoms in total. The highest BCUT2D eigenvalue weighted by atomic mass is 32.2. The van der Waals surface area contributed by atoms with E-state index in [-0.39, 0.29) is 42.6 Å². The van der Waals surface area contributed by atoms with E-state index in [1.165, 1.54) is 9.10 Å². The van der Waals surface area contributed by atoms with Crippen molar-refractivity contribution in [1.82, 2.24) is 24.5 Å². The quantitative estimate of drug-likeness (QED) is 0.130. The second-order valence-electron chi connectivity index (χ2n) is 12.3. The molecule has 53 heavy (non-hydrogen) atoms. The SMILES string of the molecule is COc1ccc(CN(Cc2ccc(OC)cc2)S(=O)(=O)c2cccc(-c3ccc(C(CO)CO)cc3)c2-c2nnn(Cc3ccc(OC)cc3)n2)cc1. The van der Waals surface area contributed by atoms with Crippen molar-refractivity contribution in [2.45, 2.75) is 30.4 Å². The molecule has 2 N–H and O–H groups in total. The molecule has 5 aromatic carbocycles. The average Bonchev–Trinajstić information content (AvgIpc) is 3.67. The van der Waals surface area contributed by atoms with Crippen LogP contribution in [0.4, 0.5) is 0 Å². The third kappa shape index (κ3) is 8.56. The largest absolute Gasteiger partial charge is 0.497 e. The molecule has 274 valence electrons. The molecule has 0 aliphatic carbocycles. The van der Waals surface area contributed by atoms with Crippen LogP contribution in [0.2, 0.25) is 0 Å². The zero-order chi connectivity index (χ0) is 37.4. The van der Waals surface area contributed by atoms with Gasteiger partial charge in [0, 0.05) is 19.0 Å². The van der Waals surface area contributed by atoms with Crippen molar-refractivity contribution < 1.29 is 32.8 Å². The molecule has 0 unspecified atom stereocenters. The second kappa shape index (κ2) is 16.8. The summed E-state index contributed by atoms with van der Waals surface area (Å²) < 4.78 is 47.5. The highest BCUT2D eigenvalue weighted by Crippen LogP contribution is 2.38. The first-order valence-electron chi connectivity index (χ1n) is 16.9. The fourth-order valence-corrected chi connectivity index (χ4v) is 7.59. The van der Waals surface area contributed by atoms with Crippen LogP contribution in [-0.4, -0.2) is 77.7 Å². The molecule has 6 aromatic rings. The van der Waals surface area contributed by atoms with Gasteiger partial charge in [0.05, 0.1) is 51.5 Å². The predicted molar refractivity (Wildman–Crippen MR) is 200 cm³/mol. The summed E-state index contributed by atoms with van der Waals surface area (Å²) in [5.74, 6) is 1.72. The van der Waals surface area contributed by atoms with Crippen LogP contribution < -0.4 is 14.2 Å². The average molecular weight is 736 g/mol. The van der Waals surface area contributed by atoms with Gasteiger partial charge >= 0.3 is 0 Å². The summed E-state index contributed by atoms with van der Waals surface area (Å²) in [4.78, 5) is 1.43. The number of nitrogens with zero attached hydrogens (tertiary/aromatic N) is 5. The van der Waals surface area contributed by atoms with E-state index in [2.05, 4.69) is 10.3 Å². The van der Waals surface area contributed by atoms with E-state index < -0.39 is 15.9 Å². The normalized spacial score (nSPS) is 11.6. The Morgan fingerprint density at radius 1 is 0.679 bits per heavy atom. The topological polar surface area (TPSA) is 149 Å². The molecule has 6 rings (SSSR count). The first-order chi connectivity index (χ1) is 25.8. The number of ether oxygens (including phenoxy) is 3. The fourth-order valence-electron chi connectivity index (χ4n) is 5.96. The van der Waals surface area contributed by atoms with Crippen LogP contribution >= 0.6 is 0 Å². The first kappa shape index (κ1) is 37.2. The molecule has 0 fully saturated rings. The van der Waals surface area contributed by atoms with Crippen molar-refractivity contribution in [3.63, 3.8) is 0 Å². The molecule has 0 bridgehead atoms. The summed E-state index contributed by atoms with van der Waals surface area (Å²) in [5, 5.41) is 32.9. The van der Waals surface area contributed by atoms with Crippen LogP contribution in [0.1, 0.15) is 28.2 Å². The number of sulfonamides is 1. The maximum Gasteiger partial charge on any atom is 0.244 e. The Kier molecular flexibility index (Phi) is 11.8. The Morgan fingerprint density at radius 3 is 1.68 bits per heavy atom. The number of hydrogen-bond donors (Lipinski definition) is 2. The Balaban J connectivity index is 1.47. The van der Waals surface area contributed by atoms with E-state index in [1.807, 2.05) is 78.9 Å².